The Morgan fingerprint density at radius 1 is 1.11 bits per heavy atom. The molecule has 0 bridgehead atoms. The number of ketones is 1. The van der Waals surface area contributed by atoms with Gasteiger partial charge in [-0.1, -0.05) is 12.1 Å². The van der Waals surface area contributed by atoms with E-state index in [-0.39, 0.29) is 11.7 Å². The summed E-state index contributed by atoms with van der Waals surface area (Å²) in [5, 5.41) is 3.96. The number of nitrogens with zero attached hydrogens (tertiary/aromatic N) is 1. The number of aromatic nitrogens is 1. The van der Waals surface area contributed by atoms with Gasteiger partial charge in [-0.3, -0.25) is 9.59 Å². The smallest absolute Gasteiger partial charge is 0.220 e. The summed E-state index contributed by atoms with van der Waals surface area (Å²) >= 11 is 1.67. The SMILES string of the molecule is CC(=O)c1ccc(OCCCC(=O)NCCc2nc3ccccc3s2)cc1. The molecular weight excluding hydrogens is 360 g/mol. The highest BCUT2D eigenvalue weighted by Crippen LogP contribution is 2.21. The van der Waals surface area contributed by atoms with Crippen molar-refractivity contribution >= 4 is 33.2 Å². The molecule has 3 aromatic rings. The van der Waals surface area contributed by atoms with Crippen molar-refractivity contribution < 1.29 is 14.3 Å². The van der Waals surface area contributed by atoms with Gasteiger partial charge in [0, 0.05) is 24.9 Å². The molecule has 0 aliphatic heterocycles. The number of carbonyl (C=O) groups is 2. The molecule has 1 N–H and O–H groups in total. The van der Waals surface area contributed by atoms with Gasteiger partial charge in [0.25, 0.3) is 0 Å². The summed E-state index contributed by atoms with van der Waals surface area (Å²) in [6, 6.07) is 15.1. The van der Waals surface area contributed by atoms with E-state index in [4.69, 9.17) is 4.74 Å². The molecule has 0 spiro atoms. The number of thiazole rings is 1. The lowest BCUT2D eigenvalue weighted by molar-refractivity contribution is -0.121. The van der Waals surface area contributed by atoms with E-state index in [9.17, 15) is 9.59 Å². The summed E-state index contributed by atoms with van der Waals surface area (Å²) < 4.78 is 6.77. The molecule has 0 radical (unpaired) electrons. The van der Waals surface area contributed by atoms with E-state index in [0.717, 1.165) is 16.9 Å². The van der Waals surface area contributed by atoms with Crippen LogP contribution in [-0.2, 0) is 11.2 Å². The van der Waals surface area contributed by atoms with Crippen molar-refractivity contribution in [3.8, 4) is 5.75 Å². The molecule has 1 amide bonds. The fourth-order valence-electron chi connectivity index (χ4n) is 2.63. The van der Waals surface area contributed by atoms with E-state index in [0.29, 0.717) is 37.3 Å². The number of nitrogens with one attached hydrogen (secondary N) is 1. The van der Waals surface area contributed by atoms with Crippen molar-refractivity contribution in [2.45, 2.75) is 26.2 Å². The van der Waals surface area contributed by atoms with Crippen molar-refractivity contribution in [3.05, 3.63) is 59.1 Å². The van der Waals surface area contributed by atoms with E-state index in [1.54, 1.807) is 35.6 Å². The largest absolute Gasteiger partial charge is 0.494 e. The summed E-state index contributed by atoms with van der Waals surface area (Å²) in [5.74, 6) is 0.756. The molecule has 5 nitrogen and oxygen atoms in total. The maximum absolute atomic E-state index is 11.9. The highest BCUT2D eigenvalue weighted by Gasteiger charge is 2.05. The van der Waals surface area contributed by atoms with Gasteiger partial charge in [0.15, 0.2) is 5.78 Å². The third-order valence-corrected chi connectivity index (χ3v) is 5.17. The minimum absolute atomic E-state index is 0.0200. The van der Waals surface area contributed by atoms with Gasteiger partial charge in [-0.05, 0) is 49.7 Å². The number of para-hydroxylation sites is 1. The number of amides is 1. The first-order valence-electron chi connectivity index (χ1n) is 8.97. The maximum Gasteiger partial charge on any atom is 0.220 e. The van der Waals surface area contributed by atoms with Crippen LogP contribution in [0.15, 0.2) is 48.5 Å². The fourth-order valence-corrected chi connectivity index (χ4v) is 3.60. The van der Waals surface area contributed by atoms with E-state index in [2.05, 4.69) is 16.4 Å². The second-order valence-corrected chi connectivity index (χ2v) is 7.32. The second kappa shape index (κ2) is 9.28. The third kappa shape index (κ3) is 5.62. The number of fused-ring (bicyclic) bond motifs is 1. The third-order valence-electron chi connectivity index (χ3n) is 4.08. The molecule has 0 fully saturated rings. The lowest BCUT2D eigenvalue weighted by Gasteiger charge is -2.07. The molecule has 3 rings (SSSR count). The zero-order valence-electron chi connectivity index (χ0n) is 15.2. The predicted octanol–water partition coefficient (Wildman–Crippen LogP) is 4.02. The normalized spacial score (nSPS) is 10.7. The molecule has 2 aromatic carbocycles. The van der Waals surface area contributed by atoms with Gasteiger partial charge >= 0.3 is 0 Å². The van der Waals surface area contributed by atoms with Gasteiger partial charge in [0.1, 0.15) is 5.75 Å². The summed E-state index contributed by atoms with van der Waals surface area (Å²) in [7, 11) is 0. The Kier molecular flexibility index (Phi) is 6.54. The van der Waals surface area contributed by atoms with Gasteiger partial charge in [-0.25, -0.2) is 4.98 Å². The van der Waals surface area contributed by atoms with Gasteiger partial charge in [0.05, 0.1) is 21.8 Å². The minimum atomic E-state index is 0.0200. The zero-order chi connectivity index (χ0) is 19.1. The molecule has 0 atom stereocenters. The van der Waals surface area contributed by atoms with Crippen LogP contribution in [0.3, 0.4) is 0 Å². The average molecular weight is 382 g/mol. The molecule has 140 valence electrons. The lowest BCUT2D eigenvalue weighted by Crippen LogP contribution is -2.25. The van der Waals surface area contributed by atoms with Crippen LogP contribution in [-0.4, -0.2) is 29.8 Å². The summed E-state index contributed by atoms with van der Waals surface area (Å²) in [4.78, 5) is 27.7. The molecule has 0 aliphatic carbocycles. The van der Waals surface area contributed by atoms with Crippen LogP contribution >= 0.6 is 11.3 Å². The molecule has 0 saturated heterocycles. The molecule has 27 heavy (non-hydrogen) atoms. The maximum atomic E-state index is 11.9. The molecule has 0 saturated carbocycles. The number of benzene rings is 2. The lowest BCUT2D eigenvalue weighted by atomic mass is 10.1. The molecular formula is C21H22N2O3S. The first-order chi connectivity index (χ1) is 13.1. The van der Waals surface area contributed by atoms with E-state index in [1.165, 1.54) is 11.6 Å². The number of hydrogen-bond donors (Lipinski definition) is 1. The van der Waals surface area contributed by atoms with E-state index >= 15 is 0 Å². The average Bonchev–Trinajstić information content (AvgIpc) is 3.08. The standard InChI is InChI=1S/C21H22N2O3S/c1-15(24)16-8-10-17(11-9-16)26-14-4-7-20(25)22-13-12-21-23-18-5-2-3-6-19(18)27-21/h2-3,5-6,8-11H,4,7,12-14H2,1H3,(H,22,25). The van der Waals surface area contributed by atoms with Crippen LogP contribution in [0.4, 0.5) is 0 Å². The number of rotatable bonds is 9. The predicted molar refractivity (Wildman–Crippen MR) is 108 cm³/mol. The molecule has 6 heteroatoms. The Morgan fingerprint density at radius 3 is 2.63 bits per heavy atom. The van der Waals surface area contributed by atoms with Crippen LogP contribution in [0.25, 0.3) is 10.2 Å². The minimum Gasteiger partial charge on any atom is -0.494 e. The van der Waals surface area contributed by atoms with Gasteiger partial charge < -0.3 is 10.1 Å². The number of carbonyl (C=O) groups excluding carboxylic acids is 2. The first-order valence-corrected chi connectivity index (χ1v) is 9.78. The van der Waals surface area contributed by atoms with Crippen LogP contribution in [0, 0.1) is 0 Å². The molecule has 1 aromatic heterocycles. The van der Waals surface area contributed by atoms with Crippen LogP contribution < -0.4 is 10.1 Å². The van der Waals surface area contributed by atoms with Crippen LogP contribution in [0.1, 0.15) is 35.1 Å². The first kappa shape index (κ1) is 19.0. The van der Waals surface area contributed by atoms with E-state index in [1.807, 2.05) is 18.2 Å². The van der Waals surface area contributed by atoms with Crippen LogP contribution in [0.5, 0.6) is 5.75 Å². The summed E-state index contributed by atoms with van der Waals surface area (Å²) in [6.07, 6.45) is 1.80. The van der Waals surface area contributed by atoms with E-state index < -0.39 is 0 Å². The monoisotopic (exact) mass is 382 g/mol. The van der Waals surface area contributed by atoms with Crippen LogP contribution in [0.2, 0.25) is 0 Å². The van der Waals surface area contributed by atoms with Gasteiger partial charge in [-0.2, -0.15) is 0 Å². The highest BCUT2D eigenvalue weighted by atomic mass is 32.1. The quantitative estimate of drug-likeness (QED) is 0.448. The van der Waals surface area contributed by atoms with Crippen molar-refractivity contribution in [1.29, 1.82) is 0 Å². The Labute approximate surface area is 162 Å². The Balaban J connectivity index is 1.32. The summed E-state index contributed by atoms with van der Waals surface area (Å²) in [5.41, 5.74) is 1.67. The Morgan fingerprint density at radius 2 is 1.89 bits per heavy atom. The highest BCUT2D eigenvalue weighted by molar-refractivity contribution is 7.18. The van der Waals surface area contributed by atoms with Crippen molar-refractivity contribution in [3.63, 3.8) is 0 Å². The molecule has 0 aliphatic rings. The number of hydrogen-bond acceptors (Lipinski definition) is 5. The number of ether oxygens (including phenoxy) is 1. The Hall–Kier alpha value is -2.73. The topological polar surface area (TPSA) is 68.3 Å². The van der Waals surface area contributed by atoms with Crippen molar-refractivity contribution in [2.24, 2.45) is 0 Å². The van der Waals surface area contributed by atoms with Crippen molar-refractivity contribution in [2.75, 3.05) is 13.2 Å². The Bertz CT molecular complexity index is 886. The number of Topliss-reactive ketones (excluding diaryl/α,β-unsaturated/α-hetero) is 1. The molecule has 1 heterocycles. The van der Waals surface area contributed by atoms with Gasteiger partial charge in [-0.15, -0.1) is 11.3 Å². The van der Waals surface area contributed by atoms with Gasteiger partial charge in [0.2, 0.25) is 5.91 Å². The second-order valence-electron chi connectivity index (χ2n) is 6.21. The zero-order valence-corrected chi connectivity index (χ0v) is 16.1. The van der Waals surface area contributed by atoms with Crippen molar-refractivity contribution in [1.82, 2.24) is 10.3 Å². The summed E-state index contributed by atoms with van der Waals surface area (Å²) in [6.45, 7) is 2.59. The molecule has 0 unspecified atom stereocenters. The fraction of sp³-hybridized carbons (Fsp3) is 0.286.